The first-order chi connectivity index (χ1) is 17.6. The third kappa shape index (κ3) is 3.69. The first-order valence-electron chi connectivity index (χ1n) is 11.9. The summed E-state index contributed by atoms with van der Waals surface area (Å²) < 4.78 is 49.5. The van der Waals surface area contributed by atoms with Crippen LogP contribution in [0.25, 0.3) is 11.0 Å². The van der Waals surface area contributed by atoms with Gasteiger partial charge in [0.25, 0.3) is 5.91 Å². The van der Waals surface area contributed by atoms with Crippen molar-refractivity contribution in [3.63, 3.8) is 0 Å². The standard InChI is InChI=1S/C25H24F3N7O2/c1-13-11-18(37-32-13)17-9-6-10-34(17)24(36)21-14(2)29-20-12-19(25(26,27)28)31-35(20)22(21)23-30-15-7-4-5-8-16(15)33(23)3/h4-5,7-8,11-12,17,22,29H,6,9-10H2,1-3H3/t17-,22-/m0/s1. The smallest absolute Gasteiger partial charge is 0.359 e. The van der Waals surface area contributed by atoms with Crippen LogP contribution < -0.4 is 5.32 Å². The summed E-state index contributed by atoms with van der Waals surface area (Å²) in [6.45, 7) is 3.98. The van der Waals surface area contributed by atoms with Crippen LogP contribution >= 0.6 is 0 Å². The summed E-state index contributed by atoms with van der Waals surface area (Å²) in [6, 6.07) is 8.86. The van der Waals surface area contributed by atoms with Crippen molar-refractivity contribution in [3.05, 3.63) is 70.6 Å². The zero-order valence-corrected chi connectivity index (χ0v) is 20.4. The van der Waals surface area contributed by atoms with Crippen LogP contribution in [0.5, 0.6) is 0 Å². The molecule has 1 fully saturated rings. The Morgan fingerprint density at radius 2 is 1.97 bits per heavy atom. The highest BCUT2D eigenvalue weighted by molar-refractivity contribution is 5.97. The van der Waals surface area contributed by atoms with E-state index < -0.39 is 17.9 Å². The van der Waals surface area contributed by atoms with Crippen molar-refractivity contribution in [2.24, 2.45) is 7.05 Å². The van der Waals surface area contributed by atoms with Gasteiger partial charge >= 0.3 is 6.18 Å². The van der Waals surface area contributed by atoms with Crippen LogP contribution in [0.4, 0.5) is 19.0 Å². The Labute approximate surface area is 209 Å². The number of hydrogen-bond donors (Lipinski definition) is 1. The predicted molar refractivity (Wildman–Crippen MR) is 127 cm³/mol. The predicted octanol–water partition coefficient (Wildman–Crippen LogP) is 4.74. The van der Waals surface area contributed by atoms with Crippen molar-refractivity contribution in [3.8, 4) is 0 Å². The fraction of sp³-hybridized carbons (Fsp3) is 0.360. The van der Waals surface area contributed by atoms with Gasteiger partial charge in [0.1, 0.15) is 17.7 Å². The monoisotopic (exact) mass is 511 g/mol. The molecule has 2 aliphatic rings. The van der Waals surface area contributed by atoms with E-state index in [1.54, 1.807) is 29.5 Å². The molecule has 2 atom stereocenters. The molecule has 6 rings (SSSR count). The van der Waals surface area contributed by atoms with Crippen molar-refractivity contribution < 1.29 is 22.5 Å². The van der Waals surface area contributed by atoms with Gasteiger partial charge in [0.15, 0.2) is 11.5 Å². The maximum absolute atomic E-state index is 14.2. The minimum absolute atomic E-state index is 0.141. The van der Waals surface area contributed by atoms with Gasteiger partial charge in [-0.15, -0.1) is 0 Å². The zero-order valence-electron chi connectivity index (χ0n) is 20.4. The number of likely N-dealkylation sites (tertiary alicyclic amines) is 1. The van der Waals surface area contributed by atoms with Crippen molar-refractivity contribution >= 4 is 22.8 Å². The number of hydrogen-bond acceptors (Lipinski definition) is 6. The van der Waals surface area contributed by atoms with E-state index in [0.29, 0.717) is 41.5 Å². The molecule has 9 nitrogen and oxygen atoms in total. The lowest BCUT2D eigenvalue weighted by atomic mass is 9.99. The highest BCUT2D eigenvalue weighted by Crippen LogP contribution is 2.42. The molecule has 0 radical (unpaired) electrons. The second-order valence-electron chi connectivity index (χ2n) is 9.47. The first kappa shape index (κ1) is 23.3. The average molecular weight is 512 g/mol. The highest BCUT2D eigenvalue weighted by Gasteiger charge is 2.44. The zero-order chi connectivity index (χ0) is 26.1. The summed E-state index contributed by atoms with van der Waals surface area (Å²) in [6.07, 6.45) is -3.19. The summed E-state index contributed by atoms with van der Waals surface area (Å²) in [5.41, 5.74) is 1.86. The Morgan fingerprint density at radius 3 is 2.68 bits per heavy atom. The lowest BCUT2D eigenvalue weighted by Crippen LogP contribution is -2.38. The Kier molecular flexibility index (Phi) is 5.18. The maximum atomic E-state index is 14.2. The molecule has 1 amide bonds. The molecule has 0 aliphatic carbocycles. The summed E-state index contributed by atoms with van der Waals surface area (Å²) in [7, 11) is 1.79. The Morgan fingerprint density at radius 1 is 1.19 bits per heavy atom. The van der Waals surface area contributed by atoms with Gasteiger partial charge in [-0.05, 0) is 38.8 Å². The molecule has 1 aromatic carbocycles. The number of anilines is 1. The summed E-state index contributed by atoms with van der Waals surface area (Å²) in [5, 5.41) is 10.9. The van der Waals surface area contributed by atoms with E-state index in [-0.39, 0.29) is 23.3 Å². The van der Waals surface area contributed by atoms with Gasteiger partial charge in [-0.25, -0.2) is 9.67 Å². The van der Waals surface area contributed by atoms with Crippen LogP contribution in [0.15, 0.2) is 52.2 Å². The summed E-state index contributed by atoms with van der Waals surface area (Å²) in [4.78, 5) is 20.6. The van der Waals surface area contributed by atoms with Gasteiger partial charge < -0.3 is 19.3 Å². The van der Waals surface area contributed by atoms with Crippen LogP contribution in [-0.4, -0.2) is 41.8 Å². The molecule has 37 heavy (non-hydrogen) atoms. The first-order valence-corrected chi connectivity index (χ1v) is 11.9. The van der Waals surface area contributed by atoms with Crippen LogP contribution in [0.2, 0.25) is 0 Å². The average Bonchev–Trinajstić information content (AvgIpc) is 3.63. The molecule has 0 unspecified atom stereocenters. The number of fused-ring (bicyclic) bond motifs is 2. The number of alkyl halides is 3. The van der Waals surface area contributed by atoms with E-state index in [1.165, 1.54) is 4.68 Å². The van der Waals surface area contributed by atoms with E-state index in [0.717, 1.165) is 18.0 Å². The van der Waals surface area contributed by atoms with E-state index in [4.69, 9.17) is 9.51 Å². The molecular weight excluding hydrogens is 487 g/mol. The second kappa shape index (κ2) is 8.22. The number of nitrogens with one attached hydrogen (secondary N) is 1. The number of nitrogens with zero attached hydrogens (tertiary/aromatic N) is 6. The van der Waals surface area contributed by atoms with E-state index in [9.17, 15) is 18.0 Å². The number of aryl methyl sites for hydroxylation is 2. The Hall–Kier alpha value is -4.09. The largest absolute Gasteiger partial charge is 0.435 e. The highest BCUT2D eigenvalue weighted by atomic mass is 19.4. The molecule has 0 saturated carbocycles. The van der Waals surface area contributed by atoms with Gasteiger partial charge in [0.2, 0.25) is 0 Å². The molecule has 5 heterocycles. The molecule has 1 saturated heterocycles. The topological polar surface area (TPSA) is 94.0 Å². The lowest BCUT2D eigenvalue weighted by molar-refractivity contribution is -0.141. The number of benzene rings is 1. The van der Waals surface area contributed by atoms with Crippen molar-refractivity contribution in [1.82, 2.24) is 29.4 Å². The van der Waals surface area contributed by atoms with Gasteiger partial charge in [-0.3, -0.25) is 4.79 Å². The number of allylic oxidation sites excluding steroid dienone is 1. The third-order valence-electron chi connectivity index (χ3n) is 7.05. The normalized spacial score (nSPS) is 20.0. The Balaban J connectivity index is 1.51. The molecule has 0 spiro atoms. The molecule has 12 heteroatoms. The number of para-hydroxylation sites is 2. The molecule has 2 aliphatic heterocycles. The van der Waals surface area contributed by atoms with E-state index in [2.05, 4.69) is 15.6 Å². The number of carbonyl (C=O) groups excluding carboxylic acids is 1. The maximum Gasteiger partial charge on any atom is 0.435 e. The molecule has 0 bridgehead atoms. The van der Waals surface area contributed by atoms with Crippen LogP contribution in [-0.2, 0) is 18.0 Å². The Bertz CT molecular complexity index is 1560. The number of rotatable bonds is 3. The summed E-state index contributed by atoms with van der Waals surface area (Å²) in [5.74, 6) is 0.828. The van der Waals surface area contributed by atoms with Crippen LogP contribution in [0.3, 0.4) is 0 Å². The summed E-state index contributed by atoms with van der Waals surface area (Å²) >= 11 is 0. The number of carbonyl (C=O) groups is 1. The minimum atomic E-state index is -4.65. The molecular formula is C25H24F3N7O2. The van der Waals surface area contributed by atoms with Gasteiger partial charge in [0.05, 0.1) is 28.3 Å². The molecule has 1 N–H and O–H groups in total. The van der Waals surface area contributed by atoms with Gasteiger partial charge in [-0.2, -0.15) is 18.3 Å². The fourth-order valence-corrected chi connectivity index (χ4v) is 5.34. The number of imidazole rings is 1. The third-order valence-corrected chi connectivity index (χ3v) is 7.05. The number of aromatic nitrogens is 5. The quantitative estimate of drug-likeness (QED) is 0.427. The second-order valence-corrected chi connectivity index (χ2v) is 9.47. The lowest BCUT2D eigenvalue weighted by Gasteiger charge is -2.32. The van der Waals surface area contributed by atoms with Crippen LogP contribution in [0.1, 0.15) is 54.8 Å². The molecule has 192 valence electrons. The number of halogens is 3. The van der Waals surface area contributed by atoms with Crippen LogP contribution in [0, 0.1) is 6.92 Å². The van der Waals surface area contributed by atoms with Crippen molar-refractivity contribution in [2.75, 3.05) is 11.9 Å². The SMILES string of the molecule is CC1=C(C(=O)N2CCC[C@H]2c2cc(C)no2)[C@@H](c2nc3ccccc3n2C)n2nc(C(F)(F)F)cc2N1. The minimum Gasteiger partial charge on any atom is -0.359 e. The van der Waals surface area contributed by atoms with E-state index >= 15 is 0 Å². The van der Waals surface area contributed by atoms with Crippen molar-refractivity contribution in [1.29, 1.82) is 0 Å². The van der Waals surface area contributed by atoms with Gasteiger partial charge in [0, 0.05) is 31.4 Å². The number of amides is 1. The van der Waals surface area contributed by atoms with Gasteiger partial charge in [-0.1, -0.05) is 17.3 Å². The van der Waals surface area contributed by atoms with Crippen molar-refractivity contribution in [2.45, 2.75) is 44.9 Å². The van der Waals surface area contributed by atoms with E-state index in [1.807, 2.05) is 31.2 Å². The fourth-order valence-electron chi connectivity index (χ4n) is 5.34. The molecule has 3 aromatic heterocycles. The molecule has 4 aromatic rings.